The van der Waals surface area contributed by atoms with E-state index in [1.54, 1.807) is 12.1 Å². The van der Waals surface area contributed by atoms with Crippen LogP contribution in [0.1, 0.15) is 17.2 Å². The van der Waals surface area contributed by atoms with Gasteiger partial charge in [-0.2, -0.15) is 8.78 Å². The third kappa shape index (κ3) is 3.77. The maximum absolute atomic E-state index is 12.1. The summed E-state index contributed by atoms with van der Waals surface area (Å²) in [5.74, 6) is 0.115. The van der Waals surface area contributed by atoms with Crippen molar-refractivity contribution in [2.45, 2.75) is 12.7 Å². The van der Waals surface area contributed by atoms with Crippen LogP contribution in [-0.2, 0) is 0 Å². The molecular weight excluding hydrogens is 396 g/mol. The monoisotopic (exact) mass is 405 g/mol. The van der Waals surface area contributed by atoms with Gasteiger partial charge in [-0.25, -0.2) is 0 Å². The number of hydrogen-bond donors (Lipinski definition) is 1. The summed E-state index contributed by atoms with van der Waals surface area (Å²) in [6.45, 7) is -2.83. The first-order valence-electron chi connectivity index (χ1n) is 5.72. The SMILES string of the molecule is NC(c1ccc(OC(F)F)cc1)c1cc(Br)ccc1Br. The lowest BCUT2D eigenvalue weighted by atomic mass is 10.00. The second-order valence-corrected chi connectivity index (χ2v) is 5.86. The minimum atomic E-state index is -2.83. The molecule has 2 nitrogen and oxygen atoms in total. The van der Waals surface area contributed by atoms with Crippen LogP contribution in [0.25, 0.3) is 0 Å². The van der Waals surface area contributed by atoms with Crippen molar-refractivity contribution < 1.29 is 13.5 Å². The Hall–Kier alpha value is -0.980. The molecule has 2 N–H and O–H groups in total. The highest BCUT2D eigenvalue weighted by Gasteiger charge is 2.13. The fourth-order valence-corrected chi connectivity index (χ4v) is 2.66. The molecule has 0 aromatic heterocycles. The van der Waals surface area contributed by atoms with E-state index >= 15 is 0 Å². The second kappa shape index (κ2) is 6.65. The van der Waals surface area contributed by atoms with Crippen molar-refractivity contribution in [3.63, 3.8) is 0 Å². The molecule has 2 aromatic carbocycles. The van der Waals surface area contributed by atoms with Crippen molar-refractivity contribution in [1.29, 1.82) is 0 Å². The minimum Gasteiger partial charge on any atom is -0.435 e. The molecule has 1 unspecified atom stereocenters. The summed E-state index contributed by atoms with van der Waals surface area (Å²) in [5.41, 5.74) is 7.91. The van der Waals surface area contributed by atoms with E-state index in [9.17, 15) is 8.78 Å². The van der Waals surface area contributed by atoms with E-state index in [1.165, 1.54) is 12.1 Å². The average Bonchev–Trinajstić information content (AvgIpc) is 2.41. The third-order valence-electron chi connectivity index (χ3n) is 2.76. The highest BCUT2D eigenvalue weighted by atomic mass is 79.9. The van der Waals surface area contributed by atoms with E-state index in [2.05, 4.69) is 36.6 Å². The van der Waals surface area contributed by atoms with E-state index in [4.69, 9.17) is 5.73 Å². The van der Waals surface area contributed by atoms with Gasteiger partial charge in [0.15, 0.2) is 0 Å². The molecular formula is C14H11Br2F2NO. The number of rotatable bonds is 4. The summed E-state index contributed by atoms with van der Waals surface area (Å²) in [5, 5.41) is 0. The van der Waals surface area contributed by atoms with Crippen molar-refractivity contribution in [3.8, 4) is 5.75 Å². The van der Waals surface area contributed by atoms with Crippen LogP contribution in [0.2, 0.25) is 0 Å². The molecule has 0 aliphatic carbocycles. The Morgan fingerprint density at radius 2 is 1.65 bits per heavy atom. The number of nitrogens with two attached hydrogens (primary N) is 1. The summed E-state index contributed by atoms with van der Waals surface area (Å²) >= 11 is 6.85. The van der Waals surface area contributed by atoms with Crippen LogP contribution in [0.3, 0.4) is 0 Å². The van der Waals surface area contributed by atoms with Crippen molar-refractivity contribution >= 4 is 31.9 Å². The predicted molar refractivity (Wildman–Crippen MR) is 80.9 cm³/mol. The fraction of sp³-hybridized carbons (Fsp3) is 0.143. The quantitative estimate of drug-likeness (QED) is 0.786. The van der Waals surface area contributed by atoms with Crippen molar-refractivity contribution in [2.75, 3.05) is 0 Å². The zero-order valence-electron chi connectivity index (χ0n) is 10.2. The Kier molecular flexibility index (Phi) is 5.12. The predicted octanol–water partition coefficient (Wildman–Crippen LogP) is 4.86. The Morgan fingerprint density at radius 3 is 2.25 bits per heavy atom. The Labute approximate surface area is 132 Å². The number of alkyl halides is 2. The summed E-state index contributed by atoms with van der Waals surface area (Å²) < 4.78 is 30.3. The largest absolute Gasteiger partial charge is 0.435 e. The third-order valence-corrected chi connectivity index (χ3v) is 3.97. The van der Waals surface area contributed by atoms with E-state index in [1.807, 2.05) is 18.2 Å². The van der Waals surface area contributed by atoms with Gasteiger partial charge < -0.3 is 10.5 Å². The van der Waals surface area contributed by atoms with Gasteiger partial charge in [0.1, 0.15) is 5.75 Å². The molecule has 0 heterocycles. The zero-order chi connectivity index (χ0) is 14.7. The van der Waals surface area contributed by atoms with Gasteiger partial charge in [-0.3, -0.25) is 0 Å². The highest BCUT2D eigenvalue weighted by molar-refractivity contribution is 9.11. The molecule has 0 saturated heterocycles. The number of halogens is 4. The van der Waals surface area contributed by atoms with Gasteiger partial charge in [0.2, 0.25) is 0 Å². The van der Waals surface area contributed by atoms with Gasteiger partial charge in [-0.05, 0) is 41.5 Å². The van der Waals surface area contributed by atoms with Gasteiger partial charge in [-0.15, -0.1) is 0 Å². The molecule has 0 aliphatic heterocycles. The van der Waals surface area contributed by atoms with Crippen LogP contribution in [0.5, 0.6) is 5.75 Å². The number of hydrogen-bond acceptors (Lipinski definition) is 2. The first-order valence-corrected chi connectivity index (χ1v) is 7.31. The number of ether oxygens (including phenoxy) is 1. The van der Waals surface area contributed by atoms with E-state index in [0.717, 1.165) is 20.1 Å². The molecule has 106 valence electrons. The topological polar surface area (TPSA) is 35.2 Å². The van der Waals surface area contributed by atoms with Crippen molar-refractivity contribution in [2.24, 2.45) is 5.73 Å². The van der Waals surface area contributed by atoms with Gasteiger partial charge in [0, 0.05) is 8.95 Å². The molecule has 0 bridgehead atoms. The lowest BCUT2D eigenvalue weighted by molar-refractivity contribution is -0.0498. The molecule has 0 saturated carbocycles. The highest BCUT2D eigenvalue weighted by Crippen LogP contribution is 2.30. The van der Waals surface area contributed by atoms with Crippen LogP contribution in [0, 0.1) is 0 Å². The molecule has 0 spiro atoms. The molecule has 6 heteroatoms. The van der Waals surface area contributed by atoms with Gasteiger partial charge >= 0.3 is 6.61 Å². The Bertz CT molecular complexity index is 590. The smallest absolute Gasteiger partial charge is 0.387 e. The van der Waals surface area contributed by atoms with Gasteiger partial charge in [-0.1, -0.05) is 44.0 Å². The van der Waals surface area contributed by atoms with E-state index in [0.29, 0.717) is 0 Å². The summed E-state index contributed by atoms with van der Waals surface area (Å²) in [6.07, 6.45) is 0. The summed E-state index contributed by atoms with van der Waals surface area (Å²) in [4.78, 5) is 0. The standard InChI is InChI=1S/C14H11Br2F2NO/c15-9-3-6-12(16)11(7-9)13(19)8-1-4-10(5-2-8)20-14(17)18/h1-7,13-14H,19H2. The molecule has 0 amide bonds. The first kappa shape index (κ1) is 15.4. The van der Waals surface area contributed by atoms with Crippen molar-refractivity contribution in [3.05, 3.63) is 62.5 Å². The summed E-state index contributed by atoms with van der Waals surface area (Å²) in [6, 6.07) is 11.7. The van der Waals surface area contributed by atoms with Crippen LogP contribution >= 0.6 is 31.9 Å². The molecule has 2 rings (SSSR count). The van der Waals surface area contributed by atoms with Crippen molar-refractivity contribution in [1.82, 2.24) is 0 Å². The molecule has 2 aromatic rings. The van der Waals surface area contributed by atoms with E-state index in [-0.39, 0.29) is 11.8 Å². The normalized spacial score (nSPS) is 12.5. The molecule has 1 atom stereocenters. The van der Waals surface area contributed by atoms with Gasteiger partial charge in [0.25, 0.3) is 0 Å². The number of benzene rings is 2. The van der Waals surface area contributed by atoms with Crippen LogP contribution < -0.4 is 10.5 Å². The first-order chi connectivity index (χ1) is 9.47. The zero-order valence-corrected chi connectivity index (χ0v) is 13.4. The lowest BCUT2D eigenvalue weighted by Gasteiger charge is -2.15. The Morgan fingerprint density at radius 1 is 1.00 bits per heavy atom. The maximum Gasteiger partial charge on any atom is 0.387 e. The van der Waals surface area contributed by atoms with E-state index < -0.39 is 6.61 Å². The molecule has 0 fully saturated rings. The second-order valence-electron chi connectivity index (χ2n) is 4.09. The van der Waals surface area contributed by atoms with Gasteiger partial charge in [0.05, 0.1) is 6.04 Å². The molecule has 0 radical (unpaired) electrons. The van der Waals surface area contributed by atoms with Crippen LogP contribution in [0.4, 0.5) is 8.78 Å². The average molecular weight is 407 g/mol. The van der Waals surface area contributed by atoms with Crippen LogP contribution in [-0.4, -0.2) is 6.61 Å². The summed E-state index contributed by atoms with van der Waals surface area (Å²) in [7, 11) is 0. The molecule has 0 aliphatic rings. The maximum atomic E-state index is 12.1. The fourth-order valence-electron chi connectivity index (χ4n) is 1.79. The lowest BCUT2D eigenvalue weighted by Crippen LogP contribution is -2.12. The minimum absolute atomic E-state index is 0.115. The molecule has 20 heavy (non-hydrogen) atoms. The Balaban J connectivity index is 2.24. The van der Waals surface area contributed by atoms with Crippen LogP contribution in [0.15, 0.2) is 51.4 Å².